The Kier molecular flexibility index (Phi) is 3.34. The number of aromatic nitrogens is 2. The summed E-state index contributed by atoms with van der Waals surface area (Å²) in [5, 5.41) is 3.99. The number of nitrogens with zero attached hydrogens (tertiary/aromatic N) is 3. The number of rotatable bonds is 3. The molecule has 0 aliphatic carbocycles. The second-order valence-electron chi connectivity index (χ2n) is 5.22. The number of hydrogen-bond acceptors (Lipinski definition) is 5. The van der Waals surface area contributed by atoms with E-state index in [1.165, 1.54) is 11.3 Å². The molecule has 1 aliphatic rings. The Labute approximate surface area is 118 Å². The highest BCUT2D eigenvalue weighted by molar-refractivity contribution is 5.66. The van der Waals surface area contributed by atoms with Crippen LogP contribution in [0.3, 0.4) is 0 Å². The molecule has 3 rings (SSSR count). The molecule has 1 aromatic carbocycles. The van der Waals surface area contributed by atoms with Gasteiger partial charge >= 0.3 is 0 Å². The first-order chi connectivity index (χ1) is 9.70. The Morgan fingerprint density at radius 1 is 1.45 bits per heavy atom. The van der Waals surface area contributed by atoms with E-state index in [4.69, 9.17) is 10.3 Å². The highest BCUT2D eigenvalue weighted by Gasteiger charge is 2.26. The van der Waals surface area contributed by atoms with Crippen LogP contribution in [0, 0.1) is 0 Å². The van der Waals surface area contributed by atoms with E-state index in [1.54, 1.807) is 0 Å². The molecule has 20 heavy (non-hydrogen) atoms. The molecule has 2 aromatic rings. The molecule has 0 saturated heterocycles. The largest absolute Gasteiger partial charge is 0.398 e. The fourth-order valence-electron chi connectivity index (χ4n) is 2.80. The first-order valence-corrected chi connectivity index (χ1v) is 7.17. The molecule has 0 radical (unpaired) electrons. The zero-order valence-corrected chi connectivity index (χ0v) is 12.0. The lowest BCUT2D eigenvalue weighted by Gasteiger charge is -2.35. The van der Waals surface area contributed by atoms with Gasteiger partial charge < -0.3 is 15.2 Å². The molecule has 0 spiro atoms. The normalized spacial score (nSPS) is 16.0. The van der Waals surface area contributed by atoms with Crippen LogP contribution in [0.5, 0.6) is 0 Å². The average Bonchev–Trinajstić information content (AvgIpc) is 2.95. The standard InChI is InChI=1S/C15H20N4O/c1-3-14-17-15(20-18-14)10(2)19-9-5-6-11-12(16)7-4-8-13(11)19/h4,7-8,10H,3,5-6,9,16H2,1-2H3. The molecule has 0 fully saturated rings. The summed E-state index contributed by atoms with van der Waals surface area (Å²) in [6.07, 6.45) is 2.93. The number of fused-ring (bicyclic) bond motifs is 1. The molecule has 1 aromatic heterocycles. The minimum absolute atomic E-state index is 0.0728. The van der Waals surface area contributed by atoms with E-state index in [0.717, 1.165) is 37.3 Å². The third kappa shape index (κ3) is 2.13. The number of aryl methyl sites for hydroxylation is 1. The average molecular weight is 272 g/mol. The lowest BCUT2D eigenvalue weighted by Crippen LogP contribution is -2.32. The van der Waals surface area contributed by atoms with Gasteiger partial charge in [-0.3, -0.25) is 0 Å². The number of anilines is 2. The second-order valence-corrected chi connectivity index (χ2v) is 5.22. The molecule has 0 amide bonds. The maximum Gasteiger partial charge on any atom is 0.249 e. The minimum Gasteiger partial charge on any atom is -0.398 e. The number of benzene rings is 1. The second kappa shape index (κ2) is 5.15. The van der Waals surface area contributed by atoms with Crippen LogP contribution in [-0.2, 0) is 12.8 Å². The minimum atomic E-state index is 0.0728. The Bertz CT molecular complexity index is 608. The summed E-state index contributed by atoms with van der Waals surface area (Å²) in [6, 6.07) is 6.17. The number of nitrogen functional groups attached to an aromatic ring is 1. The predicted molar refractivity (Wildman–Crippen MR) is 78.6 cm³/mol. The maximum absolute atomic E-state index is 6.09. The smallest absolute Gasteiger partial charge is 0.249 e. The Hall–Kier alpha value is -2.04. The first kappa shape index (κ1) is 13.0. The van der Waals surface area contributed by atoms with Gasteiger partial charge in [-0.2, -0.15) is 4.98 Å². The van der Waals surface area contributed by atoms with Crippen molar-refractivity contribution in [2.45, 2.75) is 39.2 Å². The topological polar surface area (TPSA) is 68.2 Å². The fraction of sp³-hybridized carbons (Fsp3) is 0.467. The SMILES string of the molecule is CCc1noc(C(C)N2CCCc3c(N)cccc32)n1. The molecule has 0 saturated carbocycles. The van der Waals surface area contributed by atoms with Gasteiger partial charge in [-0.05, 0) is 37.5 Å². The molecule has 2 N–H and O–H groups in total. The van der Waals surface area contributed by atoms with Gasteiger partial charge in [-0.25, -0.2) is 0 Å². The van der Waals surface area contributed by atoms with E-state index in [9.17, 15) is 0 Å². The van der Waals surface area contributed by atoms with Crippen LogP contribution in [0.25, 0.3) is 0 Å². The van der Waals surface area contributed by atoms with Crippen LogP contribution in [0.4, 0.5) is 11.4 Å². The van der Waals surface area contributed by atoms with Gasteiger partial charge in [0.05, 0.1) is 0 Å². The molecule has 1 aliphatic heterocycles. The molecular weight excluding hydrogens is 252 g/mol. The van der Waals surface area contributed by atoms with E-state index in [1.807, 2.05) is 19.1 Å². The van der Waals surface area contributed by atoms with Gasteiger partial charge in [-0.1, -0.05) is 18.1 Å². The summed E-state index contributed by atoms with van der Waals surface area (Å²) in [5.41, 5.74) is 9.40. The van der Waals surface area contributed by atoms with Gasteiger partial charge in [0.15, 0.2) is 5.82 Å². The van der Waals surface area contributed by atoms with Crippen LogP contribution in [0.2, 0.25) is 0 Å². The summed E-state index contributed by atoms with van der Waals surface area (Å²) >= 11 is 0. The Balaban J connectivity index is 1.94. The van der Waals surface area contributed by atoms with Gasteiger partial charge in [0.2, 0.25) is 5.89 Å². The van der Waals surface area contributed by atoms with Crippen molar-refractivity contribution in [2.24, 2.45) is 0 Å². The van der Waals surface area contributed by atoms with Crippen LogP contribution in [0.1, 0.15) is 43.6 Å². The quantitative estimate of drug-likeness (QED) is 0.870. The van der Waals surface area contributed by atoms with Crippen LogP contribution in [-0.4, -0.2) is 16.7 Å². The van der Waals surface area contributed by atoms with Gasteiger partial charge in [-0.15, -0.1) is 0 Å². The predicted octanol–water partition coefficient (Wildman–Crippen LogP) is 2.73. The fourth-order valence-corrected chi connectivity index (χ4v) is 2.80. The number of nitrogens with two attached hydrogens (primary N) is 1. The zero-order chi connectivity index (χ0) is 14.1. The summed E-state index contributed by atoms with van der Waals surface area (Å²) < 4.78 is 5.38. The lowest BCUT2D eigenvalue weighted by atomic mass is 9.98. The van der Waals surface area contributed by atoms with Crippen molar-refractivity contribution in [3.8, 4) is 0 Å². The summed E-state index contributed by atoms with van der Waals surface area (Å²) in [5.74, 6) is 1.44. The molecule has 106 valence electrons. The van der Waals surface area contributed by atoms with Gasteiger partial charge in [0, 0.05) is 24.3 Å². The molecule has 0 bridgehead atoms. The molecule has 1 atom stereocenters. The van der Waals surface area contributed by atoms with Crippen molar-refractivity contribution in [2.75, 3.05) is 17.2 Å². The molecule has 5 heteroatoms. The zero-order valence-electron chi connectivity index (χ0n) is 12.0. The monoisotopic (exact) mass is 272 g/mol. The molecule has 5 nitrogen and oxygen atoms in total. The third-order valence-electron chi connectivity index (χ3n) is 3.95. The van der Waals surface area contributed by atoms with E-state index in [0.29, 0.717) is 5.89 Å². The lowest BCUT2D eigenvalue weighted by molar-refractivity contribution is 0.349. The van der Waals surface area contributed by atoms with E-state index >= 15 is 0 Å². The van der Waals surface area contributed by atoms with E-state index in [-0.39, 0.29) is 6.04 Å². The van der Waals surface area contributed by atoms with Crippen LogP contribution >= 0.6 is 0 Å². The van der Waals surface area contributed by atoms with E-state index < -0.39 is 0 Å². The van der Waals surface area contributed by atoms with E-state index in [2.05, 4.69) is 28.0 Å². The molecule has 2 heterocycles. The number of hydrogen-bond donors (Lipinski definition) is 1. The van der Waals surface area contributed by atoms with Crippen molar-refractivity contribution in [1.82, 2.24) is 10.1 Å². The van der Waals surface area contributed by atoms with Crippen molar-refractivity contribution in [3.63, 3.8) is 0 Å². The maximum atomic E-state index is 6.09. The highest BCUT2D eigenvalue weighted by atomic mass is 16.5. The van der Waals surface area contributed by atoms with Crippen LogP contribution < -0.4 is 10.6 Å². The van der Waals surface area contributed by atoms with Crippen molar-refractivity contribution < 1.29 is 4.52 Å². The molecular formula is C15H20N4O. The van der Waals surface area contributed by atoms with Crippen molar-refractivity contribution >= 4 is 11.4 Å². The highest BCUT2D eigenvalue weighted by Crippen LogP contribution is 2.36. The molecule has 1 unspecified atom stereocenters. The van der Waals surface area contributed by atoms with Crippen molar-refractivity contribution in [3.05, 3.63) is 35.5 Å². The summed E-state index contributed by atoms with van der Waals surface area (Å²) in [7, 11) is 0. The van der Waals surface area contributed by atoms with Gasteiger partial charge in [0.25, 0.3) is 0 Å². The first-order valence-electron chi connectivity index (χ1n) is 7.17. The van der Waals surface area contributed by atoms with Crippen molar-refractivity contribution in [1.29, 1.82) is 0 Å². The summed E-state index contributed by atoms with van der Waals surface area (Å²) in [6.45, 7) is 5.11. The Morgan fingerprint density at radius 2 is 2.30 bits per heavy atom. The Morgan fingerprint density at radius 3 is 3.05 bits per heavy atom. The summed E-state index contributed by atoms with van der Waals surface area (Å²) in [4.78, 5) is 6.76. The van der Waals surface area contributed by atoms with Crippen LogP contribution in [0.15, 0.2) is 22.7 Å². The van der Waals surface area contributed by atoms with Gasteiger partial charge in [0.1, 0.15) is 6.04 Å². The third-order valence-corrected chi connectivity index (χ3v) is 3.95.